The van der Waals surface area contributed by atoms with Crippen molar-refractivity contribution in [3.63, 3.8) is 0 Å². The van der Waals surface area contributed by atoms with Crippen molar-refractivity contribution in [2.75, 3.05) is 5.73 Å². The van der Waals surface area contributed by atoms with E-state index >= 15 is 0 Å². The second-order valence-electron chi connectivity index (χ2n) is 5.82. The summed E-state index contributed by atoms with van der Waals surface area (Å²) >= 11 is 0. The van der Waals surface area contributed by atoms with Crippen LogP contribution in [-0.2, 0) is 0 Å². The molecule has 1 aliphatic rings. The number of nitrogen functional groups attached to an aromatic ring is 1. The van der Waals surface area contributed by atoms with Gasteiger partial charge in [-0.15, -0.1) is 0 Å². The van der Waals surface area contributed by atoms with Crippen molar-refractivity contribution < 1.29 is 0 Å². The summed E-state index contributed by atoms with van der Waals surface area (Å²) < 4.78 is 0. The van der Waals surface area contributed by atoms with Gasteiger partial charge in [0.2, 0.25) is 0 Å². The van der Waals surface area contributed by atoms with Gasteiger partial charge in [0.05, 0.1) is 17.0 Å². The molecule has 0 atom stereocenters. The summed E-state index contributed by atoms with van der Waals surface area (Å²) in [7, 11) is 0. The van der Waals surface area contributed by atoms with E-state index in [0.717, 1.165) is 28.3 Å². The number of hydrogen-bond acceptors (Lipinski definition) is 3. The summed E-state index contributed by atoms with van der Waals surface area (Å²) in [5.74, 6) is 1.26. The summed E-state index contributed by atoms with van der Waals surface area (Å²) in [6.07, 6.45) is 10.2. The fourth-order valence-electron chi connectivity index (χ4n) is 2.20. The molecule has 0 unspecified atom stereocenters. The topological polar surface area (TPSA) is 67.6 Å². The highest BCUT2D eigenvalue weighted by Gasteiger charge is 2.16. The van der Waals surface area contributed by atoms with Crippen LogP contribution in [0.4, 0.5) is 5.82 Å². The van der Waals surface area contributed by atoms with Crippen LogP contribution in [0, 0.1) is 12.3 Å². The van der Waals surface area contributed by atoms with Gasteiger partial charge in [-0.3, -0.25) is 0 Å². The fourth-order valence-corrected chi connectivity index (χ4v) is 2.20. The van der Waals surface area contributed by atoms with E-state index in [4.69, 9.17) is 5.73 Å². The third-order valence-corrected chi connectivity index (χ3v) is 3.42. The van der Waals surface area contributed by atoms with Crippen LogP contribution in [0.5, 0.6) is 0 Å². The molecule has 3 rings (SSSR count). The van der Waals surface area contributed by atoms with E-state index in [1.165, 1.54) is 0 Å². The molecule has 2 aromatic heterocycles. The zero-order valence-corrected chi connectivity index (χ0v) is 11.9. The van der Waals surface area contributed by atoms with Gasteiger partial charge in [-0.1, -0.05) is 26.0 Å². The lowest BCUT2D eigenvalue weighted by Gasteiger charge is -2.12. The molecule has 0 bridgehead atoms. The summed E-state index contributed by atoms with van der Waals surface area (Å²) in [5.41, 5.74) is 9.84. The van der Waals surface area contributed by atoms with E-state index in [1.54, 1.807) is 6.20 Å². The third-order valence-electron chi connectivity index (χ3n) is 3.42. The molecule has 1 aliphatic carbocycles. The molecule has 0 amide bonds. The average Bonchev–Trinajstić information content (AvgIpc) is 2.74. The minimum atomic E-state index is 0.0472. The number of allylic oxidation sites excluding steroid dienone is 2. The number of pyridine rings is 1. The van der Waals surface area contributed by atoms with Gasteiger partial charge in [0.15, 0.2) is 0 Å². The quantitative estimate of drug-likeness (QED) is 0.831. The number of nitrogens with two attached hydrogens (primary N) is 1. The predicted octanol–water partition coefficient (Wildman–Crippen LogP) is 3.43. The maximum Gasteiger partial charge on any atom is 0.142 e. The molecule has 0 radical (unpaired) electrons. The van der Waals surface area contributed by atoms with Gasteiger partial charge in [-0.05, 0) is 30.7 Å². The van der Waals surface area contributed by atoms with E-state index in [1.807, 2.05) is 13.0 Å². The standard InChI is InChI=1S/C16H18N4/c1-10-8-11(14(17)18-9-10)15-19-12-4-6-16(2,3)7-5-13(12)20-15/h4-9H,1-3H3,(H2,17,18)(H,19,20). The van der Waals surface area contributed by atoms with Crippen molar-refractivity contribution in [1.29, 1.82) is 0 Å². The summed E-state index contributed by atoms with van der Waals surface area (Å²) in [6, 6.07) is 2.00. The molecule has 3 N–H and O–H groups in total. The first-order chi connectivity index (χ1) is 9.44. The first kappa shape index (κ1) is 12.7. The molecule has 0 saturated heterocycles. The zero-order chi connectivity index (χ0) is 14.3. The third kappa shape index (κ3) is 2.25. The number of hydrogen-bond donors (Lipinski definition) is 2. The molecular formula is C16H18N4. The predicted molar refractivity (Wildman–Crippen MR) is 82.8 cm³/mol. The Bertz CT molecular complexity index is 687. The van der Waals surface area contributed by atoms with Crippen LogP contribution in [-0.4, -0.2) is 15.0 Å². The molecule has 4 heteroatoms. The second kappa shape index (κ2) is 4.34. The Balaban J connectivity index is 2.09. The number of aromatic nitrogens is 3. The van der Waals surface area contributed by atoms with Gasteiger partial charge in [-0.2, -0.15) is 0 Å². The SMILES string of the molecule is Cc1cnc(N)c(-c2nc3c([nH]2)C=CC(C)(C)C=C3)c1. The first-order valence-corrected chi connectivity index (χ1v) is 6.66. The van der Waals surface area contributed by atoms with Crippen LogP contribution < -0.4 is 5.73 Å². The first-order valence-electron chi connectivity index (χ1n) is 6.66. The molecule has 0 spiro atoms. The maximum atomic E-state index is 5.95. The number of fused-ring (bicyclic) bond motifs is 1. The van der Waals surface area contributed by atoms with Crippen LogP contribution in [0.15, 0.2) is 24.4 Å². The van der Waals surface area contributed by atoms with Crippen molar-refractivity contribution in [1.82, 2.24) is 15.0 Å². The van der Waals surface area contributed by atoms with E-state index in [9.17, 15) is 0 Å². The number of rotatable bonds is 1. The normalized spacial score (nSPS) is 15.9. The highest BCUT2D eigenvalue weighted by molar-refractivity contribution is 5.73. The Morgan fingerprint density at radius 1 is 1.20 bits per heavy atom. The maximum absolute atomic E-state index is 5.95. The molecule has 4 nitrogen and oxygen atoms in total. The minimum absolute atomic E-state index is 0.0472. The zero-order valence-electron chi connectivity index (χ0n) is 11.9. The Labute approximate surface area is 118 Å². The minimum Gasteiger partial charge on any atom is -0.383 e. The van der Waals surface area contributed by atoms with E-state index in [2.05, 4.69) is 53.1 Å². The Hall–Kier alpha value is -2.36. The fraction of sp³-hybridized carbons (Fsp3) is 0.250. The molecule has 102 valence electrons. The van der Waals surface area contributed by atoms with E-state index in [0.29, 0.717) is 5.82 Å². The monoisotopic (exact) mass is 266 g/mol. The molecule has 2 aromatic rings. The number of H-pyrrole nitrogens is 1. The number of nitrogens with one attached hydrogen (secondary N) is 1. The average molecular weight is 266 g/mol. The van der Waals surface area contributed by atoms with Gasteiger partial charge in [0.25, 0.3) is 0 Å². The van der Waals surface area contributed by atoms with Gasteiger partial charge < -0.3 is 10.7 Å². The van der Waals surface area contributed by atoms with Crippen LogP contribution in [0.1, 0.15) is 30.8 Å². The summed E-state index contributed by atoms with van der Waals surface area (Å²) in [6.45, 7) is 6.32. The van der Waals surface area contributed by atoms with Crippen LogP contribution in [0.3, 0.4) is 0 Å². The van der Waals surface area contributed by atoms with Crippen LogP contribution >= 0.6 is 0 Å². The number of aromatic amines is 1. The van der Waals surface area contributed by atoms with Gasteiger partial charge >= 0.3 is 0 Å². The molecule has 0 saturated carbocycles. The number of aryl methyl sites for hydroxylation is 1. The van der Waals surface area contributed by atoms with Gasteiger partial charge in [-0.25, -0.2) is 9.97 Å². The Morgan fingerprint density at radius 3 is 2.75 bits per heavy atom. The van der Waals surface area contributed by atoms with Gasteiger partial charge in [0, 0.05) is 11.6 Å². The number of nitrogens with zero attached hydrogens (tertiary/aromatic N) is 2. The molecule has 0 aliphatic heterocycles. The summed E-state index contributed by atoms with van der Waals surface area (Å²) in [5, 5.41) is 0. The molecule has 0 aromatic carbocycles. The lowest BCUT2D eigenvalue weighted by molar-refractivity contribution is 0.633. The smallest absolute Gasteiger partial charge is 0.142 e. The Kier molecular flexibility index (Phi) is 2.74. The summed E-state index contributed by atoms with van der Waals surface area (Å²) in [4.78, 5) is 12.1. The van der Waals surface area contributed by atoms with Crippen LogP contribution in [0.2, 0.25) is 0 Å². The number of imidazole rings is 1. The van der Waals surface area contributed by atoms with Crippen molar-refractivity contribution in [2.45, 2.75) is 20.8 Å². The largest absolute Gasteiger partial charge is 0.383 e. The number of anilines is 1. The highest BCUT2D eigenvalue weighted by atomic mass is 15.0. The molecule has 2 heterocycles. The second-order valence-corrected chi connectivity index (χ2v) is 5.82. The van der Waals surface area contributed by atoms with E-state index < -0.39 is 0 Å². The molecule has 0 fully saturated rings. The molecule has 20 heavy (non-hydrogen) atoms. The lowest BCUT2D eigenvalue weighted by Crippen LogP contribution is -2.00. The van der Waals surface area contributed by atoms with Crippen molar-refractivity contribution >= 4 is 18.0 Å². The lowest BCUT2D eigenvalue weighted by atomic mass is 9.93. The van der Waals surface area contributed by atoms with Crippen LogP contribution in [0.25, 0.3) is 23.5 Å². The van der Waals surface area contributed by atoms with Crippen molar-refractivity contribution in [3.8, 4) is 11.4 Å². The highest BCUT2D eigenvalue weighted by Crippen LogP contribution is 2.29. The molecular weight excluding hydrogens is 248 g/mol. The van der Waals surface area contributed by atoms with Crippen molar-refractivity contribution in [3.05, 3.63) is 41.4 Å². The van der Waals surface area contributed by atoms with Gasteiger partial charge in [0.1, 0.15) is 11.6 Å². The van der Waals surface area contributed by atoms with E-state index in [-0.39, 0.29) is 5.41 Å². The Morgan fingerprint density at radius 2 is 1.95 bits per heavy atom. The van der Waals surface area contributed by atoms with Crippen molar-refractivity contribution in [2.24, 2.45) is 5.41 Å².